The number of hydrogen-bond acceptors (Lipinski definition) is 5. The molecule has 1 aromatic heterocycles. The third kappa shape index (κ3) is 2.85. The maximum atomic E-state index is 12.9. The summed E-state index contributed by atoms with van der Waals surface area (Å²) in [5.41, 5.74) is 1.14. The smallest absolute Gasteiger partial charge is 0.208 e. The third-order valence-electron chi connectivity index (χ3n) is 6.23. The highest BCUT2D eigenvalue weighted by molar-refractivity contribution is 7.91. The summed E-state index contributed by atoms with van der Waals surface area (Å²) in [7, 11) is -3.67. The molecule has 0 bridgehead atoms. The van der Waals surface area contributed by atoms with Crippen molar-refractivity contribution >= 4 is 21.4 Å². The van der Waals surface area contributed by atoms with Gasteiger partial charge in [-0.2, -0.15) is 0 Å². The molecule has 7 heteroatoms. The van der Waals surface area contributed by atoms with Crippen LogP contribution in [0.5, 0.6) is 5.75 Å². The second-order valence-corrected chi connectivity index (χ2v) is 10.0. The van der Waals surface area contributed by atoms with Crippen LogP contribution in [0.4, 0.5) is 0 Å². The molecule has 27 heavy (non-hydrogen) atoms. The Hall–Kier alpha value is -1.63. The summed E-state index contributed by atoms with van der Waals surface area (Å²) in [6, 6.07) is 7.83. The summed E-state index contributed by atoms with van der Waals surface area (Å²) >= 11 is 5.91. The first-order valence-electron chi connectivity index (χ1n) is 9.42. The van der Waals surface area contributed by atoms with Crippen molar-refractivity contribution in [3.05, 3.63) is 47.2 Å². The van der Waals surface area contributed by atoms with Crippen molar-refractivity contribution in [2.24, 2.45) is 0 Å². The van der Waals surface area contributed by atoms with Gasteiger partial charge >= 0.3 is 0 Å². The lowest BCUT2D eigenvalue weighted by Crippen LogP contribution is -2.47. The molecule has 1 aliphatic carbocycles. The molecule has 3 heterocycles. The van der Waals surface area contributed by atoms with Crippen LogP contribution in [0, 0.1) is 0 Å². The van der Waals surface area contributed by atoms with Crippen LogP contribution in [0.15, 0.2) is 46.5 Å². The molecule has 1 saturated heterocycles. The van der Waals surface area contributed by atoms with Gasteiger partial charge < -0.3 is 4.74 Å². The first-order valence-corrected chi connectivity index (χ1v) is 11.3. The number of sulfone groups is 1. The molecular weight excluding hydrogens is 384 g/mol. The fourth-order valence-corrected chi connectivity index (χ4v) is 6.09. The Labute approximate surface area is 164 Å². The molecule has 5 nitrogen and oxygen atoms in total. The summed E-state index contributed by atoms with van der Waals surface area (Å²) < 4.78 is 31.9. The zero-order valence-electron chi connectivity index (χ0n) is 14.8. The number of likely N-dealkylation sites (tertiary alicyclic amines) is 1. The normalized spacial score (nSPS) is 25.4. The highest BCUT2D eigenvalue weighted by atomic mass is 35.5. The highest BCUT2D eigenvalue weighted by Crippen LogP contribution is 2.45. The van der Waals surface area contributed by atoms with Gasteiger partial charge in [-0.15, -0.1) is 0 Å². The average molecular weight is 405 g/mol. The van der Waals surface area contributed by atoms with E-state index in [1.54, 1.807) is 12.1 Å². The van der Waals surface area contributed by atoms with E-state index in [1.165, 1.54) is 37.7 Å². The molecule has 142 valence electrons. The number of benzene rings is 1. The number of rotatable bonds is 3. The van der Waals surface area contributed by atoms with Crippen LogP contribution in [0.25, 0.3) is 0 Å². The van der Waals surface area contributed by atoms with Gasteiger partial charge in [0.1, 0.15) is 12.4 Å². The topological polar surface area (TPSA) is 59.5 Å². The highest BCUT2D eigenvalue weighted by Gasteiger charge is 2.44. The Morgan fingerprint density at radius 1 is 1.11 bits per heavy atom. The first-order chi connectivity index (χ1) is 13.0. The molecule has 0 spiro atoms. The Bertz CT molecular complexity index is 990. The Kier molecular flexibility index (Phi) is 4.18. The van der Waals surface area contributed by atoms with E-state index in [0.29, 0.717) is 35.4 Å². The van der Waals surface area contributed by atoms with E-state index >= 15 is 0 Å². The Morgan fingerprint density at radius 3 is 2.70 bits per heavy atom. The number of aromatic nitrogens is 1. The van der Waals surface area contributed by atoms with Crippen LogP contribution in [0.2, 0.25) is 5.02 Å². The minimum absolute atomic E-state index is 0.0978. The molecule has 2 aromatic rings. The lowest BCUT2D eigenvalue weighted by molar-refractivity contribution is 0.0717. The summed E-state index contributed by atoms with van der Waals surface area (Å²) in [5, 5.41) is 0.301. The van der Waals surface area contributed by atoms with Crippen LogP contribution in [-0.4, -0.2) is 43.5 Å². The summed E-state index contributed by atoms with van der Waals surface area (Å²) in [4.78, 5) is 6.83. The van der Waals surface area contributed by atoms with Gasteiger partial charge in [-0.1, -0.05) is 24.1 Å². The van der Waals surface area contributed by atoms with Crippen molar-refractivity contribution in [3.63, 3.8) is 0 Å². The van der Waals surface area contributed by atoms with Gasteiger partial charge in [-0.3, -0.25) is 9.88 Å². The molecule has 0 N–H and O–H groups in total. The minimum Gasteiger partial charge on any atom is -0.492 e. The van der Waals surface area contributed by atoms with Crippen molar-refractivity contribution in [3.8, 4) is 5.75 Å². The van der Waals surface area contributed by atoms with Crippen molar-refractivity contribution in [2.45, 2.75) is 53.5 Å². The second kappa shape index (κ2) is 6.47. The number of halogens is 1. The van der Waals surface area contributed by atoms with Crippen LogP contribution in [0.3, 0.4) is 0 Å². The zero-order valence-corrected chi connectivity index (χ0v) is 16.4. The van der Waals surface area contributed by atoms with Crippen molar-refractivity contribution in [2.75, 3.05) is 13.2 Å². The summed E-state index contributed by atoms with van der Waals surface area (Å²) in [5.74, 6) is 1.13. The Balaban J connectivity index is 1.46. The molecule has 0 radical (unpaired) electrons. The quantitative estimate of drug-likeness (QED) is 0.781. The van der Waals surface area contributed by atoms with Gasteiger partial charge in [0.25, 0.3) is 0 Å². The predicted molar refractivity (Wildman–Crippen MR) is 102 cm³/mol. The van der Waals surface area contributed by atoms with E-state index in [0.717, 1.165) is 18.5 Å². The average Bonchev–Trinajstić information content (AvgIpc) is 3.04. The first kappa shape index (κ1) is 17.5. The maximum Gasteiger partial charge on any atom is 0.208 e. The van der Waals surface area contributed by atoms with Crippen LogP contribution < -0.4 is 4.74 Å². The molecule has 5 rings (SSSR count). The number of pyridine rings is 1. The molecule has 2 aliphatic heterocycles. The van der Waals surface area contributed by atoms with E-state index in [1.807, 2.05) is 6.07 Å². The van der Waals surface area contributed by atoms with Gasteiger partial charge in [-0.05, 0) is 49.6 Å². The lowest BCUT2D eigenvalue weighted by Gasteiger charge is -2.41. The van der Waals surface area contributed by atoms with Gasteiger partial charge in [0, 0.05) is 24.4 Å². The lowest BCUT2D eigenvalue weighted by atomic mass is 9.87. The zero-order chi connectivity index (χ0) is 18.6. The molecule has 1 saturated carbocycles. The standard InChI is InChI=1S/C20H21ClN2O3S/c21-13-8-16(11-22-10-13)27(24,25)15-4-5-18-17-6-7-23(14-2-1-3-14)19(17)12-26-20(18)9-15/h4-5,8-11,14,17,19H,1-3,6-7,12H2. The third-order valence-corrected chi connectivity index (χ3v) is 8.15. The summed E-state index contributed by atoms with van der Waals surface area (Å²) in [6.45, 7) is 1.74. The van der Waals surface area contributed by atoms with Gasteiger partial charge in [0.15, 0.2) is 0 Å². The van der Waals surface area contributed by atoms with Gasteiger partial charge in [0.2, 0.25) is 9.84 Å². The van der Waals surface area contributed by atoms with E-state index in [9.17, 15) is 8.42 Å². The second-order valence-electron chi connectivity index (χ2n) is 7.64. The van der Waals surface area contributed by atoms with Crippen molar-refractivity contribution in [1.82, 2.24) is 9.88 Å². The molecule has 1 aromatic carbocycles. The van der Waals surface area contributed by atoms with Crippen molar-refractivity contribution < 1.29 is 13.2 Å². The van der Waals surface area contributed by atoms with E-state index in [2.05, 4.69) is 9.88 Å². The Morgan fingerprint density at radius 2 is 1.96 bits per heavy atom. The fraction of sp³-hybridized carbons (Fsp3) is 0.450. The molecule has 3 aliphatic rings. The minimum atomic E-state index is -3.67. The number of hydrogen-bond donors (Lipinski definition) is 0. The number of ether oxygens (including phenoxy) is 1. The van der Waals surface area contributed by atoms with E-state index < -0.39 is 9.84 Å². The monoisotopic (exact) mass is 404 g/mol. The number of fused-ring (bicyclic) bond motifs is 3. The molecule has 2 unspecified atom stereocenters. The van der Waals surface area contributed by atoms with Crippen LogP contribution in [0.1, 0.15) is 37.2 Å². The molecular formula is C20H21ClN2O3S. The van der Waals surface area contributed by atoms with Crippen LogP contribution in [-0.2, 0) is 9.84 Å². The van der Waals surface area contributed by atoms with E-state index in [4.69, 9.17) is 16.3 Å². The summed E-state index contributed by atoms with van der Waals surface area (Å²) in [6.07, 6.45) is 7.77. The maximum absolute atomic E-state index is 12.9. The number of nitrogens with zero attached hydrogens (tertiary/aromatic N) is 2. The largest absolute Gasteiger partial charge is 0.492 e. The SMILES string of the molecule is O=S(=O)(c1cncc(Cl)c1)c1ccc2c(c1)OCC1C2CCN1C1CCC1. The van der Waals surface area contributed by atoms with Gasteiger partial charge in [0.05, 0.1) is 20.9 Å². The molecule has 2 fully saturated rings. The van der Waals surface area contributed by atoms with E-state index in [-0.39, 0.29) is 9.79 Å². The van der Waals surface area contributed by atoms with Gasteiger partial charge in [-0.25, -0.2) is 8.42 Å². The van der Waals surface area contributed by atoms with Crippen molar-refractivity contribution in [1.29, 1.82) is 0 Å². The fourth-order valence-electron chi connectivity index (χ4n) is 4.59. The molecule has 2 atom stereocenters. The predicted octanol–water partition coefficient (Wildman–Crippen LogP) is 3.67. The molecule has 0 amide bonds. The van der Waals surface area contributed by atoms with Crippen LogP contribution >= 0.6 is 11.6 Å².